The number of methoxy groups -OCH3 is 1. The summed E-state index contributed by atoms with van der Waals surface area (Å²) < 4.78 is 20.9. The SMILES string of the molecule is CCC(c1nnnn1C1CCCCC1)N(Cc1ccc(F)cc1)Cc1cc2ccc(OC)cc2[nH]c1=O. The third-order valence-corrected chi connectivity index (χ3v) is 7.37. The zero-order valence-corrected chi connectivity index (χ0v) is 21.4. The van der Waals surface area contributed by atoms with Crippen molar-refractivity contribution in [3.05, 3.63) is 81.7 Å². The van der Waals surface area contributed by atoms with Crippen molar-refractivity contribution in [3.63, 3.8) is 0 Å². The maximum absolute atomic E-state index is 13.6. The fraction of sp³-hybridized carbons (Fsp3) is 0.429. The van der Waals surface area contributed by atoms with E-state index < -0.39 is 0 Å². The van der Waals surface area contributed by atoms with Crippen LogP contribution in [0.4, 0.5) is 4.39 Å². The van der Waals surface area contributed by atoms with Gasteiger partial charge in [0.05, 0.1) is 24.7 Å². The average molecular weight is 505 g/mol. The molecule has 4 aromatic rings. The monoisotopic (exact) mass is 504 g/mol. The van der Waals surface area contributed by atoms with E-state index in [0.29, 0.717) is 30.4 Å². The van der Waals surface area contributed by atoms with Crippen LogP contribution >= 0.6 is 0 Å². The highest BCUT2D eigenvalue weighted by Crippen LogP contribution is 2.33. The van der Waals surface area contributed by atoms with Crippen LogP contribution in [0, 0.1) is 5.82 Å². The summed E-state index contributed by atoms with van der Waals surface area (Å²) in [6.45, 7) is 3.03. The molecule has 1 unspecified atom stereocenters. The molecule has 1 aliphatic rings. The molecule has 8 nitrogen and oxygen atoms in total. The predicted molar refractivity (Wildman–Crippen MR) is 140 cm³/mol. The number of halogens is 1. The van der Waals surface area contributed by atoms with Crippen LogP contribution in [0.5, 0.6) is 5.75 Å². The normalized spacial score (nSPS) is 15.4. The number of tetrazole rings is 1. The Bertz CT molecular complexity index is 1390. The molecule has 1 atom stereocenters. The highest BCUT2D eigenvalue weighted by Gasteiger charge is 2.29. The van der Waals surface area contributed by atoms with Crippen LogP contribution in [-0.4, -0.2) is 37.2 Å². The van der Waals surface area contributed by atoms with E-state index in [1.165, 1.54) is 31.4 Å². The summed E-state index contributed by atoms with van der Waals surface area (Å²) in [6.07, 6.45) is 6.50. The summed E-state index contributed by atoms with van der Waals surface area (Å²) in [4.78, 5) is 18.4. The lowest BCUT2D eigenvalue weighted by molar-refractivity contribution is 0.155. The maximum Gasteiger partial charge on any atom is 0.252 e. The summed E-state index contributed by atoms with van der Waals surface area (Å²) in [7, 11) is 1.60. The Labute approximate surface area is 215 Å². The molecule has 0 amide bonds. The predicted octanol–water partition coefficient (Wildman–Crippen LogP) is 5.32. The number of aromatic amines is 1. The molecule has 1 fully saturated rings. The topological polar surface area (TPSA) is 88.9 Å². The molecule has 9 heteroatoms. The molecule has 1 aliphatic carbocycles. The number of benzene rings is 2. The van der Waals surface area contributed by atoms with E-state index in [0.717, 1.165) is 41.6 Å². The molecular formula is C28H33FN6O2. The lowest BCUT2D eigenvalue weighted by atomic mass is 9.95. The van der Waals surface area contributed by atoms with Crippen molar-refractivity contribution in [2.45, 2.75) is 70.6 Å². The van der Waals surface area contributed by atoms with Crippen molar-refractivity contribution in [1.29, 1.82) is 0 Å². The molecule has 1 N–H and O–H groups in total. The fourth-order valence-corrected chi connectivity index (χ4v) is 5.40. The van der Waals surface area contributed by atoms with Gasteiger partial charge in [-0.15, -0.1) is 5.10 Å². The Morgan fingerprint density at radius 2 is 1.89 bits per heavy atom. The van der Waals surface area contributed by atoms with E-state index in [-0.39, 0.29) is 17.4 Å². The number of rotatable bonds is 9. The smallest absolute Gasteiger partial charge is 0.252 e. The van der Waals surface area contributed by atoms with Gasteiger partial charge in [-0.05, 0) is 71.0 Å². The van der Waals surface area contributed by atoms with Gasteiger partial charge in [0.25, 0.3) is 5.56 Å². The molecular weight excluding hydrogens is 471 g/mol. The van der Waals surface area contributed by atoms with Crippen LogP contribution in [0.3, 0.4) is 0 Å². The van der Waals surface area contributed by atoms with Crippen LogP contribution in [0.1, 0.15) is 74.5 Å². The van der Waals surface area contributed by atoms with Crippen molar-refractivity contribution in [1.82, 2.24) is 30.1 Å². The summed E-state index contributed by atoms with van der Waals surface area (Å²) in [6, 6.07) is 14.3. The molecule has 194 valence electrons. The second-order valence-corrected chi connectivity index (χ2v) is 9.81. The first kappa shape index (κ1) is 25.1. The molecule has 0 radical (unpaired) electrons. The molecule has 0 spiro atoms. The highest BCUT2D eigenvalue weighted by molar-refractivity contribution is 5.80. The van der Waals surface area contributed by atoms with Crippen LogP contribution in [0.15, 0.2) is 53.3 Å². The maximum atomic E-state index is 13.6. The van der Waals surface area contributed by atoms with Gasteiger partial charge in [0, 0.05) is 24.7 Å². The molecule has 2 aromatic heterocycles. The second kappa shape index (κ2) is 11.2. The first-order valence-electron chi connectivity index (χ1n) is 13.0. The minimum atomic E-state index is -0.273. The summed E-state index contributed by atoms with van der Waals surface area (Å²) in [5.41, 5.74) is 2.19. The van der Waals surface area contributed by atoms with Crippen molar-refractivity contribution in [3.8, 4) is 5.75 Å². The number of hydrogen-bond donors (Lipinski definition) is 1. The minimum absolute atomic E-state index is 0.118. The summed E-state index contributed by atoms with van der Waals surface area (Å²) in [5, 5.41) is 13.8. The zero-order chi connectivity index (χ0) is 25.8. The largest absolute Gasteiger partial charge is 0.497 e. The Morgan fingerprint density at radius 1 is 1.11 bits per heavy atom. The van der Waals surface area contributed by atoms with Crippen LogP contribution in [0.25, 0.3) is 10.9 Å². The van der Waals surface area contributed by atoms with Gasteiger partial charge < -0.3 is 9.72 Å². The molecule has 1 saturated carbocycles. The Morgan fingerprint density at radius 3 is 2.62 bits per heavy atom. The van der Waals surface area contributed by atoms with E-state index in [1.807, 2.05) is 28.9 Å². The van der Waals surface area contributed by atoms with E-state index in [1.54, 1.807) is 19.2 Å². The molecule has 2 heterocycles. The van der Waals surface area contributed by atoms with Crippen LogP contribution < -0.4 is 10.3 Å². The summed E-state index contributed by atoms with van der Waals surface area (Å²) in [5.74, 6) is 1.23. The van der Waals surface area contributed by atoms with Crippen LogP contribution in [-0.2, 0) is 13.1 Å². The number of fused-ring (bicyclic) bond motifs is 1. The van der Waals surface area contributed by atoms with Gasteiger partial charge in [-0.1, -0.05) is 38.3 Å². The highest BCUT2D eigenvalue weighted by atomic mass is 19.1. The van der Waals surface area contributed by atoms with E-state index in [9.17, 15) is 9.18 Å². The van der Waals surface area contributed by atoms with E-state index >= 15 is 0 Å². The number of hydrogen-bond acceptors (Lipinski definition) is 6. The van der Waals surface area contributed by atoms with Crippen LogP contribution in [0.2, 0.25) is 0 Å². The van der Waals surface area contributed by atoms with E-state index in [4.69, 9.17) is 4.74 Å². The number of nitrogens with zero attached hydrogens (tertiary/aromatic N) is 5. The third kappa shape index (κ3) is 5.56. The van der Waals surface area contributed by atoms with E-state index in [2.05, 4.69) is 32.3 Å². The molecule has 0 aliphatic heterocycles. The number of aromatic nitrogens is 5. The van der Waals surface area contributed by atoms with Gasteiger partial charge in [-0.2, -0.15) is 0 Å². The number of H-pyrrole nitrogens is 1. The standard InChI is InChI=1S/C28H33FN6O2/c1-3-26(27-31-32-33-35(27)23-7-5-4-6-8-23)34(17-19-9-12-22(29)13-10-19)18-21-15-20-11-14-24(37-2)16-25(20)30-28(21)36/h9-16,23,26H,3-8,17-18H2,1-2H3,(H,30,36). The van der Waals surface area contributed by atoms with Gasteiger partial charge in [-0.25, -0.2) is 9.07 Å². The van der Waals surface area contributed by atoms with Crippen molar-refractivity contribution < 1.29 is 9.13 Å². The fourth-order valence-electron chi connectivity index (χ4n) is 5.40. The number of ether oxygens (including phenoxy) is 1. The number of nitrogens with one attached hydrogen (secondary N) is 1. The molecule has 0 saturated heterocycles. The zero-order valence-electron chi connectivity index (χ0n) is 21.4. The van der Waals surface area contributed by atoms with Gasteiger partial charge in [0.2, 0.25) is 0 Å². The lowest BCUT2D eigenvalue weighted by Gasteiger charge is -2.32. The van der Waals surface area contributed by atoms with Gasteiger partial charge in [0.15, 0.2) is 5.82 Å². The first-order chi connectivity index (χ1) is 18.1. The third-order valence-electron chi connectivity index (χ3n) is 7.37. The van der Waals surface area contributed by atoms with Gasteiger partial charge in [-0.3, -0.25) is 9.69 Å². The van der Waals surface area contributed by atoms with Crippen molar-refractivity contribution in [2.24, 2.45) is 0 Å². The minimum Gasteiger partial charge on any atom is -0.497 e. The lowest BCUT2D eigenvalue weighted by Crippen LogP contribution is -2.33. The Kier molecular flexibility index (Phi) is 7.60. The summed E-state index contributed by atoms with van der Waals surface area (Å²) >= 11 is 0. The Hall–Kier alpha value is -3.59. The average Bonchev–Trinajstić information content (AvgIpc) is 3.40. The molecule has 2 aromatic carbocycles. The molecule has 37 heavy (non-hydrogen) atoms. The number of pyridine rings is 1. The van der Waals surface area contributed by atoms with Crippen molar-refractivity contribution in [2.75, 3.05) is 7.11 Å². The molecule has 0 bridgehead atoms. The molecule has 5 rings (SSSR count). The van der Waals surface area contributed by atoms with Gasteiger partial charge in [0.1, 0.15) is 11.6 Å². The second-order valence-electron chi connectivity index (χ2n) is 9.81. The Balaban J connectivity index is 1.51. The van der Waals surface area contributed by atoms with Gasteiger partial charge >= 0.3 is 0 Å². The first-order valence-corrected chi connectivity index (χ1v) is 13.0. The van der Waals surface area contributed by atoms with Crippen molar-refractivity contribution >= 4 is 10.9 Å². The quantitative estimate of drug-likeness (QED) is 0.332.